The summed E-state index contributed by atoms with van der Waals surface area (Å²) in [6.45, 7) is 4.11. The maximum absolute atomic E-state index is 4.24. The van der Waals surface area contributed by atoms with Gasteiger partial charge < -0.3 is 5.32 Å². The number of hydrogen-bond acceptors (Lipinski definition) is 2. The minimum atomic E-state index is 0. The Kier molecular flexibility index (Phi) is 5.76. The minimum absolute atomic E-state index is 0. The SMILES string of the molecule is CCCNCc1ccn(C)n1.Cl. The predicted octanol–water partition coefficient (Wildman–Crippen LogP) is 1.34. The molecule has 0 aliphatic rings. The molecule has 0 saturated heterocycles. The molecule has 0 radical (unpaired) electrons. The van der Waals surface area contributed by atoms with Gasteiger partial charge in [-0.3, -0.25) is 4.68 Å². The first kappa shape index (κ1) is 11.5. The van der Waals surface area contributed by atoms with Gasteiger partial charge in [-0.1, -0.05) is 6.92 Å². The highest BCUT2D eigenvalue weighted by Gasteiger charge is 1.93. The Labute approximate surface area is 79.6 Å². The summed E-state index contributed by atoms with van der Waals surface area (Å²) in [6, 6.07) is 2.03. The van der Waals surface area contributed by atoms with Gasteiger partial charge in [0.2, 0.25) is 0 Å². The van der Waals surface area contributed by atoms with Crippen LogP contribution in [-0.2, 0) is 13.6 Å². The third-order valence-electron chi connectivity index (χ3n) is 1.50. The molecule has 0 fully saturated rings. The van der Waals surface area contributed by atoms with Crippen molar-refractivity contribution in [3.63, 3.8) is 0 Å². The zero-order valence-corrected chi connectivity index (χ0v) is 8.40. The van der Waals surface area contributed by atoms with Crippen molar-refractivity contribution < 1.29 is 0 Å². The molecule has 1 N–H and O–H groups in total. The monoisotopic (exact) mass is 189 g/mol. The molecule has 1 aromatic rings. The summed E-state index contributed by atoms with van der Waals surface area (Å²) in [5, 5.41) is 7.53. The van der Waals surface area contributed by atoms with Gasteiger partial charge in [-0.25, -0.2) is 0 Å². The van der Waals surface area contributed by atoms with Crippen molar-refractivity contribution in [1.82, 2.24) is 15.1 Å². The summed E-state index contributed by atoms with van der Waals surface area (Å²) in [7, 11) is 1.93. The Bertz CT molecular complexity index is 210. The minimum Gasteiger partial charge on any atom is -0.311 e. The predicted molar refractivity (Wildman–Crippen MR) is 52.5 cm³/mol. The van der Waals surface area contributed by atoms with E-state index < -0.39 is 0 Å². The molecule has 12 heavy (non-hydrogen) atoms. The van der Waals surface area contributed by atoms with E-state index in [0.29, 0.717) is 0 Å². The van der Waals surface area contributed by atoms with Gasteiger partial charge in [-0.05, 0) is 19.0 Å². The maximum atomic E-state index is 4.24. The largest absolute Gasteiger partial charge is 0.311 e. The number of hydrogen-bond donors (Lipinski definition) is 1. The Morgan fingerprint density at radius 3 is 2.83 bits per heavy atom. The van der Waals surface area contributed by atoms with E-state index in [-0.39, 0.29) is 12.4 Å². The molecular weight excluding hydrogens is 174 g/mol. The highest BCUT2D eigenvalue weighted by Crippen LogP contribution is 1.92. The Morgan fingerprint density at radius 1 is 1.58 bits per heavy atom. The van der Waals surface area contributed by atoms with Crippen LogP contribution in [0.5, 0.6) is 0 Å². The molecule has 1 aromatic heterocycles. The van der Waals surface area contributed by atoms with E-state index in [4.69, 9.17) is 0 Å². The molecular formula is C8H16ClN3. The van der Waals surface area contributed by atoms with Crippen LogP contribution < -0.4 is 5.32 Å². The van der Waals surface area contributed by atoms with E-state index in [0.717, 1.165) is 18.8 Å². The molecule has 1 heterocycles. The topological polar surface area (TPSA) is 29.9 Å². The van der Waals surface area contributed by atoms with Crippen molar-refractivity contribution in [3.8, 4) is 0 Å². The van der Waals surface area contributed by atoms with Crippen LogP contribution in [0.15, 0.2) is 12.3 Å². The molecule has 0 atom stereocenters. The number of aryl methyl sites for hydroxylation is 1. The lowest BCUT2D eigenvalue weighted by Crippen LogP contribution is -2.14. The van der Waals surface area contributed by atoms with E-state index in [1.807, 2.05) is 24.0 Å². The Hall–Kier alpha value is -0.540. The van der Waals surface area contributed by atoms with E-state index in [2.05, 4.69) is 17.3 Å². The van der Waals surface area contributed by atoms with Crippen LogP contribution >= 0.6 is 12.4 Å². The van der Waals surface area contributed by atoms with E-state index >= 15 is 0 Å². The van der Waals surface area contributed by atoms with Gasteiger partial charge in [0.25, 0.3) is 0 Å². The molecule has 0 aliphatic carbocycles. The van der Waals surface area contributed by atoms with Gasteiger partial charge in [0, 0.05) is 19.8 Å². The Balaban J connectivity index is 0.00000121. The van der Waals surface area contributed by atoms with Crippen LogP contribution in [0.3, 0.4) is 0 Å². The van der Waals surface area contributed by atoms with E-state index in [1.54, 1.807) is 0 Å². The van der Waals surface area contributed by atoms with Crippen LogP contribution in [-0.4, -0.2) is 16.3 Å². The zero-order chi connectivity index (χ0) is 8.10. The van der Waals surface area contributed by atoms with Crippen molar-refractivity contribution in [3.05, 3.63) is 18.0 Å². The van der Waals surface area contributed by atoms with Crippen LogP contribution in [0.25, 0.3) is 0 Å². The molecule has 0 unspecified atom stereocenters. The highest BCUT2D eigenvalue weighted by molar-refractivity contribution is 5.85. The molecule has 1 rings (SSSR count). The first-order chi connectivity index (χ1) is 5.33. The van der Waals surface area contributed by atoms with Crippen LogP contribution in [0.1, 0.15) is 19.0 Å². The fourth-order valence-corrected chi connectivity index (χ4v) is 0.951. The molecule has 0 bridgehead atoms. The van der Waals surface area contributed by atoms with Crippen molar-refractivity contribution in [1.29, 1.82) is 0 Å². The van der Waals surface area contributed by atoms with Gasteiger partial charge in [0.05, 0.1) is 5.69 Å². The normalized spacial score (nSPS) is 9.50. The van der Waals surface area contributed by atoms with E-state index in [1.165, 1.54) is 6.42 Å². The lowest BCUT2D eigenvalue weighted by molar-refractivity contribution is 0.646. The lowest BCUT2D eigenvalue weighted by Gasteiger charge is -1.97. The number of aromatic nitrogens is 2. The number of halogens is 1. The molecule has 4 heteroatoms. The average molecular weight is 190 g/mol. The molecule has 70 valence electrons. The fourth-order valence-electron chi connectivity index (χ4n) is 0.951. The third-order valence-corrected chi connectivity index (χ3v) is 1.50. The summed E-state index contributed by atoms with van der Waals surface area (Å²) in [4.78, 5) is 0. The standard InChI is InChI=1S/C8H15N3.ClH/c1-3-5-9-7-8-4-6-11(2)10-8;/h4,6,9H,3,5,7H2,1-2H3;1H. The summed E-state index contributed by atoms with van der Waals surface area (Å²) >= 11 is 0. The summed E-state index contributed by atoms with van der Waals surface area (Å²) < 4.78 is 1.82. The third kappa shape index (κ3) is 3.74. The maximum Gasteiger partial charge on any atom is 0.0762 e. The second kappa shape index (κ2) is 6.03. The fraction of sp³-hybridized carbons (Fsp3) is 0.625. The van der Waals surface area contributed by atoms with Gasteiger partial charge >= 0.3 is 0 Å². The smallest absolute Gasteiger partial charge is 0.0762 e. The number of rotatable bonds is 4. The van der Waals surface area contributed by atoms with Crippen molar-refractivity contribution in [2.75, 3.05) is 6.54 Å². The lowest BCUT2D eigenvalue weighted by atomic mass is 10.4. The molecule has 0 aliphatic heterocycles. The number of nitrogens with one attached hydrogen (secondary N) is 1. The molecule has 0 amide bonds. The highest BCUT2D eigenvalue weighted by atomic mass is 35.5. The average Bonchev–Trinajstić information content (AvgIpc) is 2.37. The van der Waals surface area contributed by atoms with Crippen LogP contribution in [0.4, 0.5) is 0 Å². The first-order valence-corrected chi connectivity index (χ1v) is 4.02. The van der Waals surface area contributed by atoms with Crippen molar-refractivity contribution >= 4 is 12.4 Å². The summed E-state index contributed by atoms with van der Waals surface area (Å²) in [5.41, 5.74) is 1.11. The molecule has 0 saturated carbocycles. The second-order valence-corrected chi connectivity index (χ2v) is 2.66. The van der Waals surface area contributed by atoms with Crippen molar-refractivity contribution in [2.24, 2.45) is 7.05 Å². The van der Waals surface area contributed by atoms with E-state index in [9.17, 15) is 0 Å². The first-order valence-electron chi connectivity index (χ1n) is 4.02. The second-order valence-electron chi connectivity index (χ2n) is 2.66. The quantitative estimate of drug-likeness (QED) is 0.725. The van der Waals surface area contributed by atoms with Gasteiger partial charge in [0.15, 0.2) is 0 Å². The van der Waals surface area contributed by atoms with Gasteiger partial charge in [-0.15, -0.1) is 12.4 Å². The molecule has 0 spiro atoms. The van der Waals surface area contributed by atoms with Gasteiger partial charge in [-0.2, -0.15) is 5.10 Å². The van der Waals surface area contributed by atoms with Crippen LogP contribution in [0, 0.1) is 0 Å². The van der Waals surface area contributed by atoms with Crippen molar-refractivity contribution in [2.45, 2.75) is 19.9 Å². The number of nitrogens with zero attached hydrogens (tertiary/aromatic N) is 2. The molecule has 0 aromatic carbocycles. The summed E-state index contributed by atoms with van der Waals surface area (Å²) in [5.74, 6) is 0. The van der Waals surface area contributed by atoms with Gasteiger partial charge in [0.1, 0.15) is 0 Å². The molecule has 3 nitrogen and oxygen atoms in total. The zero-order valence-electron chi connectivity index (χ0n) is 7.58. The Morgan fingerprint density at radius 2 is 2.33 bits per heavy atom. The summed E-state index contributed by atoms with van der Waals surface area (Å²) in [6.07, 6.45) is 3.13. The van der Waals surface area contributed by atoms with Crippen LogP contribution in [0.2, 0.25) is 0 Å².